The number of rotatable bonds is 10. The van der Waals surface area contributed by atoms with Crippen LogP contribution in [0.5, 0.6) is 0 Å². The Morgan fingerprint density at radius 1 is 1.26 bits per heavy atom. The van der Waals surface area contributed by atoms with Crippen molar-refractivity contribution in [3.05, 3.63) is 0 Å². The van der Waals surface area contributed by atoms with Crippen LogP contribution in [0.3, 0.4) is 0 Å². The molecule has 0 spiro atoms. The highest BCUT2D eigenvalue weighted by Crippen LogP contribution is 2.20. The zero-order chi connectivity index (χ0) is 14.7. The Hall–Kier alpha value is -1.12. The van der Waals surface area contributed by atoms with Crippen LogP contribution in [0.15, 0.2) is 0 Å². The van der Waals surface area contributed by atoms with E-state index in [1.807, 2.05) is 13.8 Å². The lowest BCUT2D eigenvalue weighted by Crippen LogP contribution is -2.31. The van der Waals surface area contributed by atoms with Crippen molar-refractivity contribution >= 4 is 5.97 Å². The van der Waals surface area contributed by atoms with Gasteiger partial charge < -0.3 is 14.4 Å². The number of carbonyl (C=O) groups excluding carboxylic acids is 1. The van der Waals surface area contributed by atoms with Crippen molar-refractivity contribution in [2.75, 3.05) is 40.5 Å². The summed E-state index contributed by atoms with van der Waals surface area (Å²) in [5.74, 6) is -0.195. The Bertz CT molecular complexity index is 298. The first kappa shape index (κ1) is 17.9. The minimum atomic E-state index is -0.282. The fraction of sp³-hybridized carbons (Fsp3) is 0.857. The summed E-state index contributed by atoms with van der Waals surface area (Å²) in [5, 5.41) is 8.96. The molecule has 0 aliphatic rings. The van der Waals surface area contributed by atoms with E-state index in [1.54, 1.807) is 7.11 Å². The molecule has 0 radical (unpaired) electrons. The van der Waals surface area contributed by atoms with Gasteiger partial charge in [0.1, 0.15) is 0 Å². The van der Waals surface area contributed by atoms with Crippen LogP contribution in [0.25, 0.3) is 0 Å². The second-order valence-electron chi connectivity index (χ2n) is 5.26. The number of hydrogen-bond donors (Lipinski definition) is 0. The number of carbonyl (C=O) groups is 1. The Balaban J connectivity index is 4.06. The van der Waals surface area contributed by atoms with Crippen molar-refractivity contribution in [1.29, 1.82) is 5.26 Å². The Morgan fingerprint density at radius 2 is 1.95 bits per heavy atom. The molecule has 0 saturated heterocycles. The van der Waals surface area contributed by atoms with Crippen molar-refractivity contribution in [3.8, 4) is 6.07 Å². The molecule has 0 atom stereocenters. The fourth-order valence-corrected chi connectivity index (χ4v) is 1.71. The summed E-state index contributed by atoms with van der Waals surface area (Å²) >= 11 is 0. The van der Waals surface area contributed by atoms with Crippen molar-refractivity contribution < 1.29 is 14.3 Å². The van der Waals surface area contributed by atoms with Crippen molar-refractivity contribution in [2.24, 2.45) is 5.41 Å². The maximum absolute atomic E-state index is 11.1. The van der Waals surface area contributed by atoms with Gasteiger partial charge in [-0.15, -0.1) is 0 Å². The quantitative estimate of drug-likeness (QED) is 0.567. The highest BCUT2D eigenvalue weighted by Gasteiger charge is 2.17. The highest BCUT2D eigenvalue weighted by molar-refractivity contribution is 5.69. The van der Waals surface area contributed by atoms with Crippen LogP contribution in [-0.4, -0.2) is 51.3 Å². The summed E-state index contributed by atoms with van der Waals surface area (Å²) in [6.45, 7) is 6.86. The first-order valence-corrected chi connectivity index (χ1v) is 6.64. The molecule has 0 aliphatic heterocycles. The predicted octanol–water partition coefficient (Wildman–Crippen LogP) is 1.83. The van der Waals surface area contributed by atoms with E-state index in [2.05, 4.69) is 15.7 Å². The SMILES string of the molecule is COCCN(CCCC(C)(C)C#N)CCC(=O)OC. The first-order chi connectivity index (χ1) is 8.95. The molecule has 0 bridgehead atoms. The van der Waals surface area contributed by atoms with Gasteiger partial charge in [-0.05, 0) is 33.2 Å². The molecule has 0 aromatic heterocycles. The summed E-state index contributed by atoms with van der Waals surface area (Å²) in [4.78, 5) is 13.3. The molecule has 0 aromatic rings. The molecular formula is C14H26N2O3. The number of nitriles is 1. The van der Waals surface area contributed by atoms with Crippen molar-refractivity contribution in [1.82, 2.24) is 4.90 Å². The average molecular weight is 270 g/mol. The van der Waals surface area contributed by atoms with Gasteiger partial charge in [-0.3, -0.25) is 4.79 Å². The minimum absolute atomic E-state index is 0.195. The molecule has 0 unspecified atom stereocenters. The number of hydrogen-bond acceptors (Lipinski definition) is 5. The standard InChI is InChI=1S/C14H26N2O3/c1-14(2,12-15)7-5-8-16(10-11-18-3)9-6-13(17)19-4/h5-11H2,1-4H3. The molecule has 0 heterocycles. The molecule has 5 nitrogen and oxygen atoms in total. The van der Waals surface area contributed by atoms with Gasteiger partial charge in [-0.2, -0.15) is 5.26 Å². The maximum atomic E-state index is 11.1. The topological polar surface area (TPSA) is 62.6 Å². The summed E-state index contributed by atoms with van der Waals surface area (Å²) in [7, 11) is 3.06. The number of nitrogens with zero attached hydrogens (tertiary/aromatic N) is 2. The van der Waals surface area contributed by atoms with E-state index in [-0.39, 0.29) is 11.4 Å². The summed E-state index contributed by atoms with van der Waals surface area (Å²) in [5.41, 5.74) is -0.282. The largest absolute Gasteiger partial charge is 0.469 e. The Labute approximate surface area is 116 Å². The van der Waals surface area contributed by atoms with Gasteiger partial charge in [0.2, 0.25) is 0 Å². The summed E-state index contributed by atoms with van der Waals surface area (Å²) < 4.78 is 9.70. The highest BCUT2D eigenvalue weighted by atomic mass is 16.5. The molecule has 110 valence electrons. The summed E-state index contributed by atoms with van der Waals surface area (Å²) in [6.07, 6.45) is 2.18. The smallest absolute Gasteiger partial charge is 0.306 e. The van der Waals surface area contributed by atoms with E-state index in [0.29, 0.717) is 19.6 Å². The lowest BCUT2D eigenvalue weighted by molar-refractivity contribution is -0.141. The van der Waals surface area contributed by atoms with Crippen LogP contribution in [0.2, 0.25) is 0 Å². The number of ether oxygens (including phenoxy) is 2. The molecule has 0 fully saturated rings. The van der Waals surface area contributed by atoms with E-state index < -0.39 is 0 Å². The van der Waals surface area contributed by atoms with Crippen LogP contribution < -0.4 is 0 Å². The van der Waals surface area contributed by atoms with Crippen molar-refractivity contribution in [2.45, 2.75) is 33.1 Å². The molecule has 19 heavy (non-hydrogen) atoms. The number of methoxy groups -OCH3 is 2. The van der Waals surface area contributed by atoms with Crippen LogP contribution in [0, 0.1) is 16.7 Å². The third-order valence-corrected chi connectivity index (χ3v) is 3.05. The molecule has 0 aromatic carbocycles. The third-order valence-electron chi connectivity index (χ3n) is 3.05. The molecule has 5 heteroatoms. The second kappa shape index (κ2) is 9.76. The van der Waals surface area contributed by atoms with E-state index in [1.165, 1.54) is 7.11 Å². The maximum Gasteiger partial charge on any atom is 0.306 e. The molecule has 0 saturated carbocycles. The molecular weight excluding hydrogens is 244 g/mol. The van der Waals surface area contributed by atoms with Gasteiger partial charge in [0.25, 0.3) is 0 Å². The molecule has 0 aliphatic carbocycles. The molecule has 0 N–H and O–H groups in total. The van der Waals surface area contributed by atoms with Gasteiger partial charge in [0.15, 0.2) is 0 Å². The zero-order valence-corrected chi connectivity index (χ0v) is 12.6. The van der Waals surface area contributed by atoms with E-state index in [9.17, 15) is 4.79 Å². The molecule has 0 rings (SSSR count). The van der Waals surface area contributed by atoms with Crippen molar-refractivity contribution in [3.63, 3.8) is 0 Å². The van der Waals surface area contributed by atoms with E-state index in [4.69, 9.17) is 10.00 Å². The normalized spacial score (nSPS) is 11.4. The third kappa shape index (κ3) is 9.46. The lowest BCUT2D eigenvalue weighted by Gasteiger charge is -2.23. The first-order valence-electron chi connectivity index (χ1n) is 6.64. The van der Waals surface area contributed by atoms with E-state index in [0.717, 1.165) is 25.9 Å². The average Bonchev–Trinajstić information content (AvgIpc) is 2.40. The summed E-state index contributed by atoms with van der Waals surface area (Å²) in [6, 6.07) is 2.30. The van der Waals surface area contributed by atoms with Crippen LogP contribution in [-0.2, 0) is 14.3 Å². The number of esters is 1. The Morgan fingerprint density at radius 3 is 2.47 bits per heavy atom. The fourth-order valence-electron chi connectivity index (χ4n) is 1.71. The molecule has 0 amide bonds. The lowest BCUT2D eigenvalue weighted by atomic mass is 9.90. The minimum Gasteiger partial charge on any atom is -0.469 e. The van der Waals surface area contributed by atoms with Crippen LogP contribution >= 0.6 is 0 Å². The Kier molecular flexibility index (Phi) is 9.19. The van der Waals surface area contributed by atoms with Gasteiger partial charge in [0, 0.05) is 20.2 Å². The van der Waals surface area contributed by atoms with Crippen LogP contribution in [0.4, 0.5) is 0 Å². The zero-order valence-electron chi connectivity index (χ0n) is 12.6. The van der Waals surface area contributed by atoms with Crippen LogP contribution in [0.1, 0.15) is 33.1 Å². The van der Waals surface area contributed by atoms with Gasteiger partial charge in [0.05, 0.1) is 31.6 Å². The second-order valence-corrected chi connectivity index (χ2v) is 5.26. The van der Waals surface area contributed by atoms with Gasteiger partial charge >= 0.3 is 5.97 Å². The van der Waals surface area contributed by atoms with Gasteiger partial charge in [-0.1, -0.05) is 0 Å². The van der Waals surface area contributed by atoms with Gasteiger partial charge in [-0.25, -0.2) is 0 Å². The monoisotopic (exact) mass is 270 g/mol. The van der Waals surface area contributed by atoms with E-state index >= 15 is 0 Å². The predicted molar refractivity (Wildman–Crippen MR) is 73.6 cm³/mol.